The average molecular weight is 269 g/mol. The van der Waals surface area contributed by atoms with E-state index >= 15 is 0 Å². The molecule has 1 aromatic heterocycles. The number of nitrogens with one attached hydrogen (secondary N) is 2. The minimum absolute atomic E-state index is 0.268. The maximum atomic E-state index is 13.2. The van der Waals surface area contributed by atoms with Crippen molar-refractivity contribution in [1.82, 2.24) is 4.98 Å². The highest BCUT2D eigenvalue weighted by Gasteiger charge is 2.09. The van der Waals surface area contributed by atoms with Crippen LogP contribution in [0.4, 0.5) is 15.8 Å². The third kappa shape index (κ3) is 2.21. The van der Waals surface area contributed by atoms with Gasteiger partial charge >= 0.3 is 0 Å². The first kappa shape index (κ1) is 12.2. The van der Waals surface area contributed by atoms with E-state index in [2.05, 4.69) is 10.3 Å². The molecule has 0 aliphatic carbocycles. The molecule has 0 radical (unpaired) electrons. The fourth-order valence-corrected chi connectivity index (χ4v) is 2.03. The number of benzene rings is 2. The van der Waals surface area contributed by atoms with Crippen molar-refractivity contribution < 1.29 is 9.18 Å². The van der Waals surface area contributed by atoms with Gasteiger partial charge in [-0.05, 0) is 42.5 Å². The first-order chi connectivity index (χ1) is 9.63. The van der Waals surface area contributed by atoms with Crippen LogP contribution in [-0.4, -0.2) is 10.9 Å². The molecule has 2 aromatic carbocycles. The van der Waals surface area contributed by atoms with Crippen LogP contribution in [0.25, 0.3) is 10.9 Å². The molecular weight excluding hydrogens is 257 g/mol. The molecular formula is C15H12FN3O. The fraction of sp³-hybridized carbons (Fsp3) is 0. The van der Waals surface area contributed by atoms with Crippen molar-refractivity contribution in [1.29, 1.82) is 0 Å². The highest BCUT2D eigenvalue weighted by Crippen LogP contribution is 2.21. The van der Waals surface area contributed by atoms with Gasteiger partial charge in [0.1, 0.15) is 5.82 Å². The number of rotatable bonds is 2. The lowest BCUT2D eigenvalue weighted by Gasteiger charge is -2.08. The number of anilines is 2. The van der Waals surface area contributed by atoms with Crippen LogP contribution in [0.1, 0.15) is 10.4 Å². The number of nitrogens with two attached hydrogens (primary N) is 1. The van der Waals surface area contributed by atoms with Crippen molar-refractivity contribution in [3.63, 3.8) is 0 Å². The third-order valence-corrected chi connectivity index (χ3v) is 3.08. The van der Waals surface area contributed by atoms with Crippen LogP contribution in [0.2, 0.25) is 0 Å². The smallest absolute Gasteiger partial charge is 0.255 e. The van der Waals surface area contributed by atoms with Gasteiger partial charge in [0.2, 0.25) is 0 Å². The second kappa shape index (κ2) is 4.70. The highest BCUT2D eigenvalue weighted by atomic mass is 19.1. The Morgan fingerprint density at radius 3 is 2.85 bits per heavy atom. The maximum Gasteiger partial charge on any atom is 0.255 e. The molecule has 1 amide bonds. The normalized spacial score (nSPS) is 10.7. The number of H-pyrrole nitrogens is 1. The Labute approximate surface area is 114 Å². The van der Waals surface area contributed by atoms with Gasteiger partial charge in [0.25, 0.3) is 5.91 Å². The summed E-state index contributed by atoms with van der Waals surface area (Å²) < 4.78 is 13.2. The molecule has 0 spiro atoms. The van der Waals surface area contributed by atoms with E-state index in [0.29, 0.717) is 11.3 Å². The highest BCUT2D eigenvalue weighted by molar-refractivity contribution is 6.07. The lowest BCUT2D eigenvalue weighted by molar-refractivity contribution is 0.102. The predicted molar refractivity (Wildman–Crippen MR) is 77.1 cm³/mol. The average Bonchev–Trinajstić information content (AvgIpc) is 2.90. The van der Waals surface area contributed by atoms with Crippen LogP contribution in [0, 0.1) is 5.82 Å². The third-order valence-electron chi connectivity index (χ3n) is 3.08. The number of fused-ring (bicyclic) bond motifs is 1. The van der Waals surface area contributed by atoms with Gasteiger partial charge in [0, 0.05) is 22.7 Å². The Morgan fingerprint density at radius 1 is 1.15 bits per heavy atom. The summed E-state index contributed by atoms with van der Waals surface area (Å²) >= 11 is 0. The molecule has 0 fully saturated rings. The molecule has 0 unspecified atom stereocenters. The number of aromatic nitrogens is 1. The predicted octanol–water partition coefficient (Wildman–Crippen LogP) is 3.14. The standard InChI is InChI=1S/C15H12FN3O/c16-11-2-3-12(17)14(8-11)19-15(20)10-1-4-13-9(7-10)5-6-18-13/h1-8,18H,17H2,(H,19,20). The van der Waals surface area contributed by atoms with Crippen molar-refractivity contribution in [2.45, 2.75) is 0 Å². The van der Waals surface area contributed by atoms with Gasteiger partial charge in [-0.25, -0.2) is 4.39 Å². The quantitative estimate of drug-likeness (QED) is 0.625. The topological polar surface area (TPSA) is 70.9 Å². The Hall–Kier alpha value is -2.82. The summed E-state index contributed by atoms with van der Waals surface area (Å²) in [5.41, 5.74) is 7.73. The van der Waals surface area contributed by atoms with Gasteiger partial charge in [-0.2, -0.15) is 0 Å². The van der Waals surface area contributed by atoms with E-state index in [4.69, 9.17) is 5.73 Å². The summed E-state index contributed by atoms with van der Waals surface area (Å²) in [5, 5.41) is 3.55. The Balaban J connectivity index is 1.90. The molecule has 0 saturated carbocycles. The van der Waals surface area contributed by atoms with Crippen LogP contribution < -0.4 is 11.1 Å². The molecule has 3 aromatic rings. The number of halogens is 1. The van der Waals surface area contributed by atoms with E-state index in [1.165, 1.54) is 18.2 Å². The summed E-state index contributed by atoms with van der Waals surface area (Å²) in [6.07, 6.45) is 1.80. The summed E-state index contributed by atoms with van der Waals surface area (Å²) in [6, 6.07) is 11.0. The maximum absolute atomic E-state index is 13.2. The van der Waals surface area contributed by atoms with Crippen molar-refractivity contribution >= 4 is 28.2 Å². The minimum Gasteiger partial charge on any atom is -0.397 e. The molecule has 3 rings (SSSR count). The Bertz CT molecular complexity index is 795. The van der Waals surface area contributed by atoms with Gasteiger partial charge in [-0.15, -0.1) is 0 Å². The van der Waals surface area contributed by atoms with E-state index in [1.807, 2.05) is 12.1 Å². The Kier molecular flexibility index (Phi) is 2.87. The molecule has 100 valence electrons. The number of hydrogen-bond donors (Lipinski definition) is 3. The monoisotopic (exact) mass is 269 g/mol. The first-order valence-corrected chi connectivity index (χ1v) is 6.07. The van der Waals surface area contributed by atoms with E-state index in [-0.39, 0.29) is 11.6 Å². The molecule has 4 nitrogen and oxygen atoms in total. The number of nitrogen functional groups attached to an aromatic ring is 1. The Morgan fingerprint density at radius 2 is 2.00 bits per heavy atom. The molecule has 20 heavy (non-hydrogen) atoms. The molecule has 0 bridgehead atoms. The zero-order valence-electron chi connectivity index (χ0n) is 10.5. The molecule has 0 aliphatic rings. The number of carbonyl (C=O) groups is 1. The summed E-state index contributed by atoms with van der Waals surface area (Å²) in [6.45, 7) is 0. The summed E-state index contributed by atoms with van der Waals surface area (Å²) in [7, 11) is 0. The zero-order chi connectivity index (χ0) is 14.1. The van der Waals surface area contributed by atoms with Crippen molar-refractivity contribution in [3.05, 3.63) is 60.0 Å². The van der Waals surface area contributed by atoms with Gasteiger partial charge in [-0.1, -0.05) is 0 Å². The molecule has 0 aliphatic heterocycles. The van der Waals surface area contributed by atoms with Crippen LogP contribution >= 0.6 is 0 Å². The van der Waals surface area contributed by atoms with E-state index in [0.717, 1.165) is 10.9 Å². The summed E-state index contributed by atoms with van der Waals surface area (Å²) in [4.78, 5) is 15.2. The largest absolute Gasteiger partial charge is 0.397 e. The lowest BCUT2D eigenvalue weighted by atomic mass is 10.1. The fourth-order valence-electron chi connectivity index (χ4n) is 2.03. The van der Waals surface area contributed by atoms with Crippen LogP contribution in [-0.2, 0) is 0 Å². The second-order valence-corrected chi connectivity index (χ2v) is 4.47. The minimum atomic E-state index is -0.449. The molecule has 5 heteroatoms. The summed E-state index contributed by atoms with van der Waals surface area (Å²) in [5.74, 6) is -0.777. The lowest BCUT2D eigenvalue weighted by Crippen LogP contribution is -2.13. The van der Waals surface area contributed by atoms with E-state index in [9.17, 15) is 9.18 Å². The number of carbonyl (C=O) groups excluding carboxylic acids is 1. The van der Waals surface area contributed by atoms with Crippen LogP contribution in [0.5, 0.6) is 0 Å². The van der Waals surface area contributed by atoms with E-state index < -0.39 is 5.82 Å². The SMILES string of the molecule is Nc1ccc(F)cc1NC(=O)c1ccc2[nH]ccc2c1. The van der Waals surface area contributed by atoms with Crippen molar-refractivity contribution in [2.75, 3.05) is 11.1 Å². The zero-order valence-corrected chi connectivity index (χ0v) is 10.5. The number of hydrogen-bond acceptors (Lipinski definition) is 2. The molecule has 4 N–H and O–H groups in total. The van der Waals surface area contributed by atoms with Crippen LogP contribution in [0.3, 0.4) is 0 Å². The first-order valence-electron chi connectivity index (χ1n) is 6.07. The van der Waals surface area contributed by atoms with Gasteiger partial charge in [0.15, 0.2) is 0 Å². The molecule has 1 heterocycles. The number of aromatic amines is 1. The molecule has 0 saturated heterocycles. The van der Waals surface area contributed by atoms with Gasteiger partial charge in [-0.3, -0.25) is 4.79 Å². The number of amides is 1. The second-order valence-electron chi connectivity index (χ2n) is 4.47. The van der Waals surface area contributed by atoms with Crippen molar-refractivity contribution in [3.8, 4) is 0 Å². The van der Waals surface area contributed by atoms with Crippen LogP contribution in [0.15, 0.2) is 48.7 Å². The van der Waals surface area contributed by atoms with Gasteiger partial charge < -0.3 is 16.0 Å². The molecule has 0 atom stereocenters. The van der Waals surface area contributed by atoms with Crippen molar-refractivity contribution in [2.24, 2.45) is 0 Å². The van der Waals surface area contributed by atoms with E-state index in [1.54, 1.807) is 18.3 Å². The van der Waals surface area contributed by atoms with Gasteiger partial charge in [0.05, 0.1) is 11.4 Å².